The maximum absolute atomic E-state index is 12.1. The number of rotatable bonds is 4. The fraction of sp³-hybridized carbons (Fsp3) is 0.273. The van der Waals surface area contributed by atoms with Crippen LogP contribution in [0.2, 0.25) is 5.02 Å². The SMILES string of the molecule is C=CCN(C)S(=O)(=O)c1cc(N)c(C)cc1Cl. The Balaban J connectivity index is 3.34. The van der Waals surface area contributed by atoms with E-state index in [2.05, 4.69) is 6.58 Å². The molecule has 94 valence electrons. The Labute approximate surface area is 107 Å². The number of sulfonamides is 1. The van der Waals surface area contributed by atoms with Gasteiger partial charge in [0.1, 0.15) is 4.90 Å². The highest BCUT2D eigenvalue weighted by molar-refractivity contribution is 7.89. The van der Waals surface area contributed by atoms with E-state index in [1.165, 1.54) is 19.2 Å². The molecule has 0 amide bonds. The van der Waals surface area contributed by atoms with Crippen LogP contribution >= 0.6 is 11.6 Å². The smallest absolute Gasteiger partial charge is 0.244 e. The summed E-state index contributed by atoms with van der Waals surface area (Å²) in [6, 6.07) is 2.93. The zero-order valence-electron chi connectivity index (χ0n) is 9.77. The van der Waals surface area contributed by atoms with Gasteiger partial charge in [-0.3, -0.25) is 0 Å². The van der Waals surface area contributed by atoms with Gasteiger partial charge in [-0.15, -0.1) is 6.58 Å². The molecule has 0 spiro atoms. The van der Waals surface area contributed by atoms with Crippen LogP contribution in [0.3, 0.4) is 0 Å². The second-order valence-corrected chi connectivity index (χ2v) is 6.13. The van der Waals surface area contributed by atoms with Gasteiger partial charge in [0.15, 0.2) is 0 Å². The van der Waals surface area contributed by atoms with Gasteiger partial charge in [0.05, 0.1) is 5.02 Å². The minimum atomic E-state index is -3.62. The first-order valence-corrected chi connectivity index (χ1v) is 6.75. The van der Waals surface area contributed by atoms with Crippen LogP contribution in [0.1, 0.15) is 5.56 Å². The molecular weight excluding hydrogens is 260 g/mol. The number of aryl methyl sites for hydroxylation is 1. The third-order valence-electron chi connectivity index (χ3n) is 2.39. The summed E-state index contributed by atoms with van der Waals surface area (Å²) in [5, 5.41) is 0.174. The summed E-state index contributed by atoms with van der Waals surface area (Å²) < 4.78 is 25.5. The van der Waals surface area contributed by atoms with Gasteiger partial charge < -0.3 is 5.73 Å². The zero-order valence-corrected chi connectivity index (χ0v) is 11.3. The predicted octanol–water partition coefficient (Wildman–Crippen LogP) is 2.04. The first kappa shape index (κ1) is 14.0. The van der Waals surface area contributed by atoms with Crippen LogP contribution in [0.15, 0.2) is 29.7 Å². The molecular formula is C11H15ClN2O2S. The van der Waals surface area contributed by atoms with Crippen LogP contribution in [0, 0.1) is 6.92 Å². The third-order valence-corrected chi connectivity index (χ3v) is 4.68. The number of hydrogen-bond acceptors (Lipinski definition) is 3. The summed E-state index contributed by atoms with van der Waals surface area (Å²) in [7, 11) is -2.16. The number of halogens is 1. The second kappa shape index (κ2) is 5.08. The molecule has 0 bridgehead atoms. The van der Waals surface area contributed by atoms with Crippen LogP contribution in [0.5, 0.6) is 0 Å². The van der Waals surface area contributed by atoms with Crippen molar-refractivity contribution in [2.24, 2.45) is 0 Å². The van der Waals surface area contributed by atoms with Crippen molar-refractivity contribution in [2.75, 3.05) is 19.3 Å². The predicted molar refractivity (Wildman–Crippen MR) is 70.6 cm³/mol. The molecule has 2 N–H and O–H groups in total. The molecule has 4 nitrogen and oxygen atoms in total. The number of nitrogens with zero attached hydrogens (tertiary/aromatic N) is 1. The Bertz CT molecular complexity index is 541. The average Bonchev–Trinajstić information content (AvgIpc) is 2.23. The van der Waals surface area contributed by atoms with Gasteiger partial charge in [0, 0.05) is 19.3 Å². The van der Waals surface area contributed by atoms with E-state index >= 15 is 0 Å². The molecule has 0 fully saturated rings. The number of nitrogens with two attached hydrogens (primary N) is 1. The van der Waals surface area contributed by atoms with E-state index in [1.54, 1.807) is 13.0 Å². The van der Waals surface area contributed by atoms with E-state index < -0.39 is 10.0 Å². The van der Waals surface area contributed by atoms with Crippen LogP contribution in [-0.4, -0.2) is 26.3 Å². The van der Waals surface area contributed by atoms with E-state index in [9.17, 15) is 8.42 Å². The fourth-order valence-corrected chi connectivity index (χ4v) is 3.04. The fourth-order valence-electron chi connectivity index (χ4n) is 1.31. The molecule has 0 saturated heterocycles. The molecule has 0 aromatic heterocycles. The lowest BCUT2D eigenvalue weighted by Gasteiger charge is -2.17. The van der Waals surface area contributed by atoms with Crippen molar-refractivity contribution in [3.63, 3.8) is 0 Å². The Morgan fingerprint density at radius 1 is 1.53 bits per heavy atom. The molecule has 0 saturated carbocycles. The van der Waals surface area contributed by atoms with Crippen molar-refractivity contribution in [3.8, 4) is 0 Å². The molecule has 0 radical (unpaired) electrons. The first-order chi connectivity index (χ1) is 7.80. The Morgan fingerprint density at radius 2 is 2.12 bits per heavy atom. The van der Waals surface area contributed by atoms with Crippen molar-refractivity contribution in [3.05, 3.63) is 35.4 Å². The Morgan fingerprint density at radius 3 is 2.65 bits per heavy atom. The third kappa shape index (κ3) is 2.80. The van der Waals surface area contributed by atoms with Crippen LogP contribution < -0.4 is 5.73 Å². The first-order valence-electron chi connectivity index (χ1n) is 4.93. The van der Waals surface area contributed by atoms with Crippen molar-refractivity contribution in [1.29, 1.82) is 0 Å². The molecule has 0 heterocycles. The van der Waals surface area contributed by atoms with Crippen molar-refractivity contribution >= 4 is 27.3 Å². The molecule has 6 heteroatoms. The summed E-state index contributed by atoms with van der Waals surface area (Å²) in [6.07, 6.45) is 1.50. The van der Waals surface area contributed by atoms with Gasteiger partial charge in [0.25, 0.3) is 0 Å². The van der Waals surface area contributed by atoms with Gasteiger partial charge in [0.2, 0.25) is 10.0 Å². The topological polar surface area (TPSA) is 63.4 Å². The van der Waals surface area contributed by atoms with E-state index in [1.807, 2.05) is 0 Å². The van der Waals surface area contributed by atoms with Gasteiger partial charge in [-0.05, 0) is 24.6 Å². The molecule has 1 aromatic carbocycles. The largest absolute Gasteiger partial charge is 0.398 e. The quantitative estimate of drug-likeness (QED) is 0.675. The van der Waals surface area contributed by atoms with E-state index in [0.29, 0.717) is 5.69 Å². The number of nitrogen functional groups attached to an aromatic ring is 1. The highest BCUT2D eigenvalue weighted by Gasteiger charge is 2.23. The average molecular weight is 275 g/mol. The molecule has 0 atom stereocenters. The van der Waals surface area contributed by atoms with Gasteiger partial charge >= 0.3 is 0 Å². The molecule has 0 aliphatic carbocycles. The number of benzene rings is 1. The van der Waals surface area contributed by atoms with E-state index in [4.69, 9.17) is 17.3 Å². The standard InChI is InChI=1S/C11H15ClN2O2S/c1-4-5-14(3)17(15,16)11-7-10(13)8(2)6-9(11)12/h4,6-7H,1,5,13H2,2-3H3. The lowest BCUT2D eigenvalue weighted by atomic mass is 10.2. The monoisotopic (exact) mass is 274 g/mol. The lowest BCUT2D eigenvalue weighted by Crippen LogP contribution is -2.27. The number of likely N-dealkylation sites (N-methyl/N-ethyl adjacent to an activating group) is 1. The van der Waals surface area contributed by atoms with Crippen molar-refractivity contribution in [2.45, 2.75) is 11.8 Å². The Kier molecular flexibility index (Phi) is 4.19. The highest BCUT2D eigenvalue weighted by atomic mass is 35.5. The van der Waals surface area contributed by atoms with Gasteiger partial charge in [-0.25, -0.2) is 8.42 Å². The highest BCUT2D eigenvalue weighted by Crippen LogP contribution is 2.28. The Hall–Kier alpha value is -1.04. The maximum atomic E-state index is 12.1. The summed E-state index contributed by atoms with van der Waals surface area (Å²) >= 11 is 5.94. The maximum Gasteiger partial charge on any atom is 0.244 e. The number of hydrogen-bond donors (Lipinski definition) is 1. The minimum Gasteiger partial charge on any atom is -0.398 e. The van der Waals surface area contributed by atoms with Crippen molar-refractivity contribution < 1.29 is 8.42 Å². The van der Waals surface area contributed by atoms with Gasteiger partial charge in [-0.1, -0.05) is 17.7 Å². The second-order valence-electron chi connectivity index (χ2n) is 3.71. The van der Waals surface area contributed by atoms with Crippen LogP contribution in [0.4, 0.5) is 5.69 Å². The lowest BCUT2D eigenvalue weighted by molar-refractivity contribution is 0.499. The number of anilines is 1. The van der Waals surface area contributed by atoms with Crippen molar-refractivity contribution in [1.82, 2.24) is 4.31 Å². The van der Waals surface area contributed by atoms with E-state index in [0.717, 1.165) is 9.87 Å². The molecule has 0 unspecified atom stereocenters. The normalized spacial score (nSPS) is 11.8. The summed E-state index contributed by atoms with van der Waals surface area (Å²) in [5.41, 5.74) is 6.85. The minimum absolute atomic E-state index is 0.0200. The molecule has 0 aliphatic rings. The molecule has 1 aromatic rings. The van der Waals surface area contributed by atoms with E-state index in [-0.39, 0.29) is 16.5 Å². The van der Waals surface area contributed by atoms with Crippen LogP contribution in [0.25, 0.3) is 0 Å². The summed E-state index contributed by atoms with van der Waals surface area (Å²) in [4.78, 5) is 0.0200. The molecule has 1 rings (SSSR count). The summed E-state index contributed by atoms with van der Waals surface area (Å²) in [5.74, 6) is 0. The summed E-state index contributed by atoms with van der Waals surface area (Å²) in [6.45, 7) is 5.48. The molecule has 17 heavy (non-hydrogen) atoms. The molecule has 0 aliphatic heterocycles. The van der Waals surface area contributed by atoms with Crippen LogP contribution in [-0.2, 0) is 10.0 Å². The van der Waals surface area contributed by atoms with Gasteiger partial charge in [-0.2, -0.15) is 4.31 Å². The zero-order chi connectivity index (χ0) is 13.2.